The van der Waals surface area contributed by atoms with Crippen molar-refractivity contribution in [2.75, 3.05) is 19.8 Å². The lowest BCUT2D eigenvalue weighted by atomic mass is 9.97. The number of hydrogen-bond donors (Lipinski definition) is 9. The third kappa shape index (κ3) is 25.9. The summed E-state index contributed by atoms with van der Waals surface area (Å²) in [6.45, 7) is 2.56. The van der Waals surface area contributed by atoms with Crippen molar-refractivity contribution in [3.05, 3.63) is 97.2 Å². The van der Waals surface area contributed by atoms with E-state index in [-0.39, 0.29) is 18.9 Å². The number of hydrogen-bond acceptors (Lipinski definition) is 13. The number of carbonyl (C=O) groups is 1. The summed E-state index contributed by atoms with van der Waals surface area (Å²) in [6, 6.07) is -0.960. The molecule has 0 aromatic rings. The maximum absolute atomic E-state index is 13.2. The molecule has 9 N–H and O–H groups in total. The lowest BCUT2D eigenvalue weighted by Gasteiger charge is -2.46. The van der Waals surface area contributed by atoms with Crippen LogP contribution in [0.2, 0.25) is 0 Å². The molecule has 2 rings (SSSR count). The molecule has 2 saturated heterocycles. The topological polar surface area (TPSA) is 228 Å². The predicted octanol–water partition coefficient (Wildman–Crippen LogP) is 6.37. The summed E-state index contributed by atoms with van der Waals surface area (Å²) in [5.74, 6) is -0.291. The summed E-state index contributed by atoms with van der Waals surface area (Å²) in [4.78, 5) is 13.2. The molecular weight excluding hydrogens is 859 g/mol. The zero-order chi connectivity index (χ0) is 48.9. The van der Waals surface area contributed by atoms with E-state index in [9.17, 15) is 45.6 Å². The number of amides is 1. The first-order valence-corrected chi connectivity index (χ1v) is 25.0. The Kier molecular flexibility index (Phi) is 34.7. The molecule has 0 aromatic carbocycles. The quantitative estimate of drug-likeness (QED) is 0.0246. The van der Waals surface area contributed by atoms with Crippen LogP contribution in [0, 0.1) is 0 Å². The number of rotatable bonds is 36. The first-order valence-electron chi connectivity index (χ1n) is 25.0. The number of allylic oxidation sites excluding steroid dienone is 15. The Morgan fingerprint density at radius 1 is 0.552 bits per heavy atom. The number of aliphatic hydroxyl groups is 8. The minimum atomic E-state index is -1.80. The van der Waals surface area contributed by atoms with Crippen molar-refractivity contribution in [2.45, 2.75) is 209 Å². The molecule has 14 heteroatoms. The highest BCUT2D eigenvalue weighted by molar-refractivity contribution is 5.76. The average molecular weight is 946 g/mol. The third-order valence-electron chi connectivity index (χ3n) is 11.5. The Morgan fingerprint density at radius 3 is 1.61 bits per heavy atom. The van der Waals surface area contributed by atoms with Crippen molar-refractivity contribution in [3.63, 3.8) is 0 Å². The molecule has 12 atom stereocenters. The van der Waals surface area contributed by atoms with Crippen molar-refractivity contribution in [2.24, 2.45) is 0 Å². The zero-order valence-electron chi connectivity index (χ0n) is 40.3. The summed E-state index contributed by atoms with van der Waals surface area (Å²) in [6.07, 6.45) is 34.4. The molecule has 382 valence electrons. The van der Waals surface area contributed by atoms with Crippen LogP contribution in [-0.4, -0.2) is 140 Å². The van der Waals surface area contributed by atoms with Crippen LogP contribution >= 0.6 is 0 Å². The fourth-order valence-corrected chi connectivity index (χ4v) is 7.40. The van der Waals surface area contributed by atoms with E-state index in [2.05, 4.69) is 104 Å². The molecule has 0 bridgehead atoms. The van der Waals surface area contributed by atoms with Crippen LogP contribution in [0.1, 0.15) is 136 Å². The van der Waals surface area contributed by atoms with Gasteiger partial charge in [-0.3, -0.25) is 4.79 Å². The Balaban J connectivity index is 1.90. The Hall–Kier alpha value is -3.09. The van der Waals surface area contributed by atoms with Gasteiger partial charge in [-0.1, -0.05) is 137 Å². The van der Waals surface area contributed by atoms with Crippen LogP contribution in [-0.2, 0) is 23.7 Å². The molecule has 0 aliphatic carbocycles. The van der Waals surface area contributed by atoms with Crippen LogP contribution in [0.5, 0.6) is 0 Å². The second-order valence-corrected chi connectivity index (χ2v) is 17.2. The van der Waals surface area contributed by atoms with Gasteiger partial charge in [0.1, 0.15) is 48.8 Å². The summed E-state index contributed by atoms with van der Waals surface area (Å²) < 4.78 is 22.6. The first kappa shape index (κ1) is 60.0. The van der Waals surface area contributed by atoms with E-state index >= 15 is 0 Å². The van der Waals surface area contributed by atoms with Crippen LogP contribution in [0.4, 0.5) is 0 Å². The maximum Gasteiger partial charge on any atom is 0.220 e. The van der Waals surface area contributed by atoms with Gasteiger partial charge in [0, 0.05) is 6.42 Å². The van der Waals surface area contributed by atoms with Gasteiger partial charge in [-0.05, 0) is 89.9 Å². The normalized spacial score (nSPS) is 27.4. The van der Waals surface area contributed by atoms with Gasteiger partial charge in [-0.25, -0.2) is 0 Å². The van der Waals surface area contributed by atoms with Gasteiger partial charge in [0.2, 0.25) is 5.91 Å². The van der Waals surface area contributed by atoms with Gasteiger partial charge >= 0.3 is 0 Å². The van der Waals surface area contributed by atoms with Gasteiger partial charge in [-0.2, -0.15) is 0 Å². The smallest absolute Gasteiger partial charge is 0.220 e. The summed E-state index contributed by atoms with van der Waals surface area (Å²) in [7, 11) is 0. The highest BCUT2D eigenvalue weighted by atomic mass is 16.7. The van der Waals surface area contributed by atoms with Crippen molar-refractivity contribution in [1.82, 2.24) is 5.32 Å². The van der Waals surface area contributed by atoms with Crippen molar-refractivity contribution in [3.8, 4) is 0 Å². The molecule has 0 spiro atoms. The summed E-state index contributed by atoms with van der Waals surface area (Å²) in [5, 5.41) is 86.6. The predicted molar refractivity (Wildman–Crippen MR) is 262 cm³/mol. The van der Waals surface area contributed by atoms with E-state index in [0.29, 0.717) is 12.8 Å². The zero-order valence-corrected chi connectivity index (χ0v) is 40.3. The van der Waals surface area contributed by atoms with Gasteiger partial charge in [0.25, 0.3) is 0 Å². The molecule has 2 aliphatic heterocycles. The fraction of sp³-hybridized carbons (Fsp3) is 0.679. The second-order valence-electron chi connectivity index (χ2n) is 17.2. The fourth-order valence-electron chi connectivity index (χ4n) is 7.40. The standard InChI is InChI=1S/C53H87NO13/c1-3-5-7-9-11-13-15-17-19-20-21-22-23-25-27-29-31-33-35-37-45(58)54-41(42(57)36-34-32-30-28-26-24-18-16-14-12-10-8-6-4-2)40-64-52-50(63)48(61)51(44(39-56)66-52)67-53-49(62)47(60)46(59)43(38-55)65-53/h5,7,11,13-14,16-17,19,21-22,25-28,34,36,41-44,46-53,55-57,59-63H,3-4,6,8-10,12,15,18,20,23-24,29-33,35,37-40H2,1-2H3,(H,54,58)/b7-5-,13-11-,16-14+,19-17-,22-21-,27-25-,28-26+,36-34+. The highest BCUT2D eigenvalue weighted by Gasteiger charge is 2.51. The van der Waals surface area contributed by atoms with Gasteiger partial charge in [0.05, 0.1) is 32.0 Å². The number of unbranched alkanes of at least 4 members (excludes halogenated alkanes) is 9. The van der Waals surface area contributed by atoms with Gasteiger partial charge in [0.15, 0.2) is 12.6 Å². The molecular formula is C53H87NO13. The Bertz CT molecular complexity index is 1490. The second kappa shape index (κ2) is 38.7. The number of aliphatic hydroxyl groups excluding tert-OH is 8. The van der Waals surface area contributed by atoms with E-state index in [1.807, 2.05) is 6.08 Å². The SMILES string of the molecule is CC/C=C\C/C=C\C/C=C\C/C=C\C/C=C\CCCCCC(=O)NC(COC1OC(CO)C(OC2OC(CO)C(O)C(O)C2O)C(O)C1O)C(O)/C=C/CC/C=C/CC/C=C/CCCCCC. The average Bonchev–Trinajstić information content (AvgIpc) is 3.32. The number of nitrogens with one attached hydrogen (secondary N) is 1. The molecule has 2 heterocycles. The summed E-state index contributed by atoms with van der Waals surface area (Å²) in [5.41, 5.74) is 0. The first-order chi connectivity index (χ1) is 32.6. The lowest BCUT2D eigenvalue weighted by molar-refractivity contribution is -0.359. The van der Waals surface area contributed by atoms with Crippen molar-refractivity contribution in [1.29, 1.82) is 0 Å². The summed E-state index contributed by atoms with van der Waals surface area (Å²) >= 11 is 0. The van der Waals surface area contributed by atoms with E-state index in [0.717, 1.165) is 77.0 Å². The third-order valence-corrected chi connectivity index (χ3v) is 11.5. The molecule has 0 saturated carbocycles. The number of carbonyl (C=O) groups excluding carboxylic acids is 1. The molecule has 0 radical (unpaired) electrons. The Morgan fingerprint density at radius 2 is 1.04 bits per heavy atom. The lowest BCUT2D eigenvalue weighted by Crippen LogP contribution is -2.65. The van der Waals surface area contributed by atoms with E-state index in [1.165, 1.54) is 25.7 Å². The maximum atomic E-state index is 13.2. The van der Waals surface area contributed by atoms with E-state index in [1.54, 1.807) is 6.08 Å². The van der Waals surface area contributed by atoms with Gasteiger partial charge < -0.3 is 65.1 Å². The van der Waals surface area contributed by atoms with E-state index < -0.39 is 86.8 Å². The molecule has 2 fully saturated rings. The van der Waals surface area contributed by atoms with Crippen LogP contribution in [0.3, 0.4) is 0 Å². The Labute approximate surface area is 401 Å². The van der Waals surface area contributed by atoms with Gasteiger partial charge in [-0.15, -0.1) is 0 Å². The van der Waals surface area contributed by atoms with Crippen molar-refractivity contribution < 1.29 is 64.6 Å². The number of ether oxygens (including phenoxy) is 4. The monoisotopic (exact) mass is 946 g/mol. The minimum absolute atomic E-state index is 0.224. The van der Waals surface area contributed by atoms with Crippen LogP contribution in [0.15, 0.2) is 97.2 Å². The van der Waals surface area contributed by atoms with E-state index in [4.69, 9.17) is 18.9 Å². The minimum Gasteiger partial charge on any atom is -0.394 e. The molecule has 0 aromatic heterocycles. The van der Waals surface area contributed by atoms with Crippen LogP contribution < -0.4 is 5.32 Å². The molecule has 2 aliphatic rings. The largest absolute Gasteiger partial charge is 0.394 e. The molecule has 14 nitrogen and oxygen atoms in total. The highest BCUT2D eigenvalue weighted by Crippen LogP contribution is 2.30. The molecule has 1 amide bonds. The van der Waals surface area contributed by atoms with Crippen LogP contribution in [0.25, 0.3) is 0 Å². The molecule has 12 unspecified atom stereocenters. The molecule has 67 heavy (non-hydrogen) atoms. The van der Waals surface area contributed by atoms with Crippen molar-refractivity contribution >= 4 is 5.91 Å².